The Labute approximate surface area is 104 Å². The van der Waals surface area contributed by atoms with E-state index in [4.69, 9.17) is 10.2 Å². The fourth-order valence-corrected chi connectivity index (χ4v) is 4.06. The van der Waals surface area contributed by atoms with Crippen molar-refractivity contribution in [3.63, 3.8) is 0 Å². The highest BCUT2D eigenvalue weighted by molar-refractivity contribution is 8.77. The minimum Gasteiger partial charge on any atom is -0.480 e. The van der Waals surface area contributed by atoms with Gasteiger partial charge in [-0.2, -0.15) is 0 Å². The molecule has 0 rings (SSSR count). The molecule has 16 heavy (non-hydrogen) atoms. The molecule has 4 nitrogen and oxygen atoms in total. The third-order valence-electron chi connectivity index (χ3n) is 1.94. The molecule has 0 aromatic heterocycles. The van der Waals surface area contributed by atoms with Crippen molar-refractivity contribution in [2.75, 3.05) is 0 Å². The largest absolute Gasteiger partial charge is 0.480 e. The zero-order valence-corrected chi connectivity index (χ0v) is 11.1. The van der Waals surface area contributed by atoms with Gasteiger partial charge in [0.2, 0.25) is 0 Å². The number of hydrogen-bond donors (Lipinski definition) is 2. The van der Waals surface area contributed by atoms with E-state index in [0.717, 1.165) is 12.8 Å². The predicted molar refractivity (Wildman–Crippen MR) is 67.8 cm³/mol. The van der Waals surface area contributed by atoms with Crippen molar-refractivity contribution in [1.82, 2.24) is 0 Å². The van der Waals surface area contributed by atoms with E-state index in [1.165, 1.54) is 21.6 Å². The number of carboxylic acids is 2. The summed E-state index contributed by atoms with van der Waals surface area (Å²) < 4.78 is 0. The fourth-order valence-electron chi connectivity index (χ4n) is 1.08. The molecule has 2 unspecified atom stereocenters. The SMILES string of the molecule is CCCC(SSC(CCC)C(=O)O)C(=O)O. The highest BCUT2D eigenvalue weighted by atomic mass is 33.1. The number of hydrogen-bond acceptors (Lipinski definition) is 4. The Kier molecular flexibility index (Phi) is 8.56. The molecule has 0 aromatic carbocycles. The summed E-state index contributed by atoms with van der Waals surface area (Å²) >= 11 is 0. The maximum absolute atomic E-state index is 10.8. The normalized spacial score (nSPS) is 14.4. The lowest BCUT2D eigenvalue weighted by molar-refractivity contribution is -0.137. The third kappa shape index (κ3) is 6.27. The van der Waals surface area contributed by atoms with Crippen LogP contribution in [0, 0.1) is 0 Å². The quantitative estimate of drug-likeness (QED) is 0.625. The molecule has 0 bridgehead atoms. The molecule has 0 saturated heterocycles. The van der Waals surface area contributed by atoms with Gasteiger partial charge in [0.15, 0.2) is 0 Å². The average molecular weight is 266 g/mol. The van der Waals surface area contributed by atoms with Gasteiger partial charge in [-0.1, -0.05) is 48.3 Å². The molecule has 0 radical (unpaired) electrons. The van der Waals surface area contributed by atoms with Crippen molar-refractivity contribution >= 4 is 33.5 Å². The van der Waals surface area contributed by atoms with Gasteiger partial charge in [0.25, 0.3) is 0 Å². The van der Waals surface area contributed by atoms with E-state index in [1.54, 1.807) is 0 Å². The van der Waals surface area contributed by atoms with Crippen LogP contribution in [0.2, 0.25) is 0 Å². The lowest BCUT2D eigenvalue weighted by Crippen LogP contribution is -2.18. The summed E-state index contributed by atoms with van der Waals surface area (Å²) in [5, 5.41) is 16.8. The average Bonchev–Trinajstić information content (AvgIpc) is 2.21. The Hall–Kier alpha value is -0.360. The molecule has 0 heterocycles. The van der Waals surface area contributed by atoms with Crippen LogP contribution in [0.5, 0.6) is 0 Å². The molecule has 0 spiro atoms. The van der Waals surface area contributed by atoms with Crippen LogP contribution < -0.4 is 0 Å². The summed E-state index contributed by atoms with van der Waals surface area (Å²) in [5.41, 5.74) is 0. The Balaban J connectivity index is 4.14. The summed E-state index contributed by atoms with van der Waals surface area (Å²) in [4.78, 5) is 21.7. The second-order valence-electron chi connectivity index (χ2n) is 3.42. The summed E-state index contributed by atoms with van der Waals surface area (Å²) in [6.07, 6.45) is 2.73. The van der Waals surface area contributed by atoms with Gasteiger partial charge < -0.3 is 10.2 Å². The van der Waals surface area contributed by atoms with E-state index >= 15 is 0 Å². The van der Waals surface area contributed by atoms with Gasteiger partial charge in [-0.05, 0) is 12.8 Å². The molecule has 0 aromatic rings. The van der Waals surface area contributed by atoms with Crippen molar-refractivity contribution in [3.8, 4) is 0 Å². The highest BCUT2D eigenvalue weighted by Gasteiger charge is 2.23. The predicted octanol–water partition coefficient (Wildman–Crippen LogP) is 2.87. The van der Waals surface area contributed by atoms with Gasteiger partial charge in [0, 0.05) is 0 Å². The van der Waals surface area contributed by atoms with Crippen molar-refractivity contribution in [1.29, 1.82) is 0 Å². The molecule has 2 N–H and O–H groups in total. The fraction of sp³-hybridized carbons (Fsp3) is 0.800. The second-order valence-corrected chi connectivity index (χ2v) is 6.10. The monoisotopic (exact) mass is 266 g/mol. The highest BCUT2D eigenvalue weighted by Crippen LogP contribution is 2.35. The van der Waals surface area contributed by atoms with Gasteiger partial charge in [-0.3, -0.25) is 9.59 Å². The van der Waals surface area contributed by atoms with E-state index < -0.39 is 22.4 Å². The molecule has 94 valence electrons. The molecule has 0 amide bonds. The lowest BCUT2D eigenvalue weighted by Gasteiger charge is -2.14. The topological polar surface area (TPSA) is 74.6 Å². The van der Waals surface area contributed by atoms with Crippen LogP contribution in [0.1, 0.15) is 39.5 Å². The minimum atomic E-state index is -0.861. The summed E-state index contributed by atoms with van der Waals surface area (Å²) in [7, 11) is 2.33. The molecule has 6 heteroatoms. The minimum absolute atomic E-state index is 0.506. The van der Waals surface area contributed by atoms with Crippen LogP contribution in [-0.2, 0) is 9.59 Å². The Morgan fingerprint density at radius 1 is 0.938 bits per heavy atom. The van der Waals surface area contributed by atoms with Gasteiger partial charge in [-0.25, -0.2) is 0 Å². The number of carboxylic acid groups (broad SMARTS) is 2. The van der Waals surface area contributed by atoms with Crippen LogP contribution >= 0.6 is 21.6 Å². The first-order valence-corrected chi connectivity index (χ1v) is 7.58. The lowest BCUT2D eigenvalue weighted by atomic mass is 10.2. The second kappa shape index (κ2) is 8.75. The van der Waals surface area contributed by atoms with E-state index in [9.17, 15) is 9.59 Å². The third-order valence-corrected chi connectivity index (χ3v) is 5.12. The summed E-state index contributed by atoms with van der Waals surface area (Å²) in [6.45, 7) is 3.84. The van der Waals surface area contributed by atoms with Crippen LogP contribution in [-0.4, -0.2) is 32.7 Å². The molecule has 0 aliphatic heterocycles. The first-order valence-electron chi connectivity index (χ1n) is 5.30. The van der Waals surface area contributed by atoms with Crippen molar-refractivity contribution < 1.29 is 19.8 Å². The van der Waals surface area contributed by atoms with Crippen LogP contribution in [0.25, 0.3) is 0 Å². The van der Waals surface area contributed by atoms with Gasteiger partial charge in [-0.15, -0.1) is 0 Å². The summed E-state index contributed by atoms with van der Waals surface area (Å²) in [6, 6.07) is 0. The molecule has 0 aliphatic rings. The molecule has 0 fully saturated rings. The van der Waals surface area contributed by atoms with Crippen LogP contribution in [0.3, 0.4) is 0 Å². The van der Waals surface area contributed by atoms with Gasteiger partial charge in [0.05, 0.1) is 0 Å². The van der Waals surface area contributed by atoms with Crippen molar-refractivity contribution in [3.05, 3.63) is 0 Å². The van der Waals surface area contributed by atoms with Crippen LogP contribution in [0.15, 0.2) is 0 Å². The zero-order valence-electron chi connectivity index (χ0n) is 9.51. The first-order chi connectivity index (χ1) is 7.52. The number of aliphatic carboxylic acids is 2. The smallest absolute Gasteiger partial charge is 0.317 e. The van der Waals surface area contributed by atoms with Gasteiger partial charge >= 0.3 is 11.9 Å². The molecule has 2 atom stereocenters. The standard InChI is InChI=1S/C10H18O4S2/c1-3-5-7(9(11)12)15-16-8(6-4-2)10(13)14/h7-8H,3-6H2,1-2H3,(H,11,12)(H,13,14). The summed E-state index contributed by atoms with van der Waals surface area (Å²) in [5.74, 6) is -1.72. The molecular formula is C10H18O4S2. The number of carbonyl (C=O) groups is 2. The van der Waals surface area contributed by atoms with E-state index in [-0.39, 0.29) is 0 Å². The zero-order chi connectivity index (χ0) is 12.6. The Bertz CT molecular complexity index is 209. The van der Waals surface area contributed by atoms with Crippen LogP contribution in [0.4, 0.5) is 0 Å². The Morgan fingerprint density at radius 2 is 1.25 bits per heavy atom. The van der Waals surface area contributed by atoms with E-state index in [0.29, 0.717) is 12.8 Å². The van der Waals surface area contributed by atoms with E-state index in [2.05, 4.69) is 0 Å². The number of rotatable bonds is 9. The molecular weight excluding hydrogens is 248 g/mol. The van der Waals surface area contributed by atoms with Gasteiger partial charge in [0.1, 0.15) is 10.5 Å². The maximum Gasteiger partial charge on any atom is 0.317 e. The maximum atomic E-state index is 10.8. The first kappa shape index (κ1) is 15.6. The molecule has 0 saturated carbocycles. The molecule has 0 aliphatic carbocycles. The van der Waals surface area contributed by atoms with Crippen molar-refractivity contribution in [2.24, 2.45) is 0 Å². The van der Waals surface area contributed by atoms with E-state index in [1.807, 2.05) is 13.8 Å². The van der Waals surface area contributed by atoms with Crippen molar-refractivity contribution in [2.45, 2.75) is 50.0 Å². The Morgan fingerprint density at radius 3 is 1.44 bits per heavy atom.